The van der Waals surface area contributed by atoms with Gasteiger partial charge in [-0.25, -0.2) is 0 Å². The maximum absolute atomic E-state index is 11.2. The van der Waals surface area contributed by atoms with E-state index in [4.69, 9.17) is 5.11 Å². The maximum Gasteiger partial charge on any atom is 0.323 e. The van der Waals surface area contributed by atoms with E-state index >= 15 is 0 Å². The molecular weight excluding hydrogens is 285 g/mol. The predicted molar refractivity (Wildman–Crippen MR) is 55.8 cm³/mol. The van der Waals surface area contributed by atoms with Crippen molar-refractivity contribution in [2.45, 2.75) is 13.5 Å². The van der Waals surface area contributed by atoms with Crippen molar-refractivity contribution >= 4 is 28.6 Å². The molecule has 13 heavy (non-hydrogen) atoms. The predicted octanol–water partition coefficient (Wildman–Crippen LogP) is 0.846. The summed E-state index contributed by atoms with van der Waals surface area (Å²) in [5.41, 5.74) is 0.590. The summed E-state index contributed by atoms with van der Waals surface area (Å²) in [5, 5.41) is 8.49. The summed E-state index contributed by atoms with van der Waals surface area (Å²) in [6.45, 7) is 1.53. The van der Waals surface area contributed by atoms with Crippen molar-refractivity contribution in [3.8, 4) is 0 Å². The Morgan fingerprint density at radius 1 is 1.69 bits per heavy atom. The van der Waals surface area contributed by atoms with Crippen molar-refractivity contribution < 1.29 is 9.90 Å². The van der Waals surface area contributed by atoms with Gasteiger partial charge in [0.25, 0.3) is 5.56 Å². The zero-order valence-electron chi connectivity index (χ0n) is 6.95. The summed E-state index contributed by atoms with van der Waals surface area (Å²) in [6, 6.07) is 1.44. The highest BCUT2D eigenvalue weighted by molar-refractivity contribution is 14.1. The first-order valence-corrected chi connectivity index (χ1v) is 4.67. The molecule has 0 aliphatic heterocycles. The molecule has 1 heterocycles. The van der Waals surface area contributed by atoms with Gasteiger partial charge in [0.15, 0.2) is 0 Å². The Kier molecular flexibility index (Phi) is 3.07. The molecule has 0 saturated heterocycles. The Bertz CT molecular complexity index is 397. The highest BCUT2D eigenvalue weighted by Crippen LogP contribution is 2.06. The molecule has 5 heteroatoms. The number of rotatable bonds is 2. The van der Waals surface area contributed by atoms with Gasteiger partial charge in [-0.15, -0.1) is 0 Å². The van der Waals surface area contributed by atoms with Gasteiger partial charge < -0.3 is 9.67 Å². The van der Waals surface area contributed by atoms with Crippen LogP contribution in [-0.4, -0.2) is 15.6 Å². The number of halogens is 1. The van der Waals surface area contributed by atoms with E-state index in [2.05, 4.69) is 22.6 Å². The standard InChI is InChI=1S/C8H8INO3/c1-5-2-7(11)10(3-6(5)9)4-8(12)13/h2-3H,4H2,1H3,(H,12,13). The molecular formula is C8H8INO3. The van der Waals surface area contributed by atoms with Crippen molar-refractivity contribution in [1.82, 2.24) is 4.57 Å². The minimum absolute atomic E-state index is 0.277. The molecule has 0 aromatic carbocycles. The first kappa shape index (κ1) is 10.2. The second-order valence-corrected chi connectivity index (χ2v) is 3.83. The molecule has 70 valence electrons. The van der Waals surface area contributed by atoms with Gasteiger partial charge in [0, 0.05) is 15.8 Å². The number of carboxylic acids is 1. The smallest absolute Gasteiger partial charge is 0.323 e. The van der Waals surface area contributed by atoms with Crippen molar-refractivity contribution in [3.05, 3.63) is 31.8 Å². The second kappa shape index (κ2) is 3.91. The molecule has 0 saturated carbocycles. The van der Waals surface area contributed by atoms with Crippen LogP contribution < -0.4 is 5.56 Å². The summed E-state index contributed by atoms with van der Waals surface area (Å²) in [5.74, 6) is -1.01. The van der Waals surface area contributed by atoms with E-state index in [1.807, 2.05) is 6.92 Å². The zero-order valence-corrected chi connectivity index (χ0v) is 9.11. The number of aliphatic carboxylic acids is 1. The van der Waals surface area contributed by atoms with E-state index < -0.39 is 5.97 Å². The van der Waals surface area contributed by atoms with Crippen molar-refractivity contribution in [1.29, 1.82) is 0 Å². The van der Waals surface area contributed by atoms with Crippen LogP contribution in [0.15, 0.2) is 17.1 Å². The van der Waals surface area contributed by atoms with Gasteiger partial charge in [-0.3, -0.25) is 9.59 Å². The molecule has 0 fully saturated rings. The minimum Gasteiger partial charge on any atom is -0.480 e. The fourth-order valence-corrected chi connectivity index (χ4v) is 1.40. The molecule has 1 N–H and O–H groups in total. The molecule has 0 amide bonds. The fourth-order valence-electron chi connectivity index (χ4n) is 0.909. The number of hydrogen-bond acceptors (Lipinski definition) is 2. The highest BCUT2D eigenvalue weighted by Gasteiger charge is 2.03. The first-order valence-electron chi connectivity index (χ1n) is 3.59. The summed E-state index contributed by atoms with van der Waals surface area (Å²) in [6.07, 6.45) is 1.55. The monoisotopic (exact) mass is 293 g/mol. The van der Waals surface area contributed by atoms with Crippen LogP contribution in [0.5, 0.6) is 0 Å². The molecule has 0 radical (unpaired) electrons. The molecule has 0 atom stereocenters. The Hall–Kier alpha value is -0.850. The molecule has 1 aromatic rings. The van der Waals surface area contributed by atoms with E-state index in [0.717, 1.165) is 9.13 Å². The van der Waals surface area contributed by atoms with Crippen LogP contribution in [0, 0.1) is 10.5 Å². The third kappa shape index (κ3) is 2.55. The quantitative estimate of drug-likeness (QED) is 0.822. The zero-order chi connectivity index (χ0) is 10.0. The average Bonchev–Trinajstić information content (AvgIpc) is 1.99. The van der Waals surface area contributed by atoms with Gasteiger partial charge in [-0.05, 0) is 35.1 Å². The first-order chi connectivity index (χ1) is 6.00. The maximum atomic E-state index is 11.2. The summed E-state index contributed by atoms with van der Waals surface area (Å²) in [7, 11) is 0. The minimum atomic E-state index is -1.01. The Balaban J connectivity index is 3.16. The lowest BCUT2D eigenvalue weighted by Gasteiger charge is -2.03. The van der Waals surface area contributed by atoms with E-state index in [0.29, 0.717) is 0 Å². The summed E-state index contributed by atoms with van der Waals surface area (Å²) >= 11 is 2.06. The lowest BCUT2D eigenvalue weighted by Crippen LogP contribution is -2.23. The largest absolute Gasteiger partial charge is 0.480 e. The molecule has 0 spiro atoms. The number of carboxylic acid groups (broad SMARTS) is 1. The summed E-state index contributed by atoms with van der Waals surface area (Å²) < 4.78 is 2.07. The Morgan fingerprint density at radius 2 is 2.31 bits per heavy atom. The van der Waals surface area contributed by atoms with Crippen molar-refractivity contribution in [2.75, 3.05) is 0 Å². The molecule has 0 aliphatic carbocycles. The van der Waals surface area contributed by atoms with Gasteiger partial charge in [0.2, 0.25) is 0 Å². The lowest BCUT2D eigenvalue weighted by atomic mass is 10.3. The molecule has 1 aromatic heterocycles. The van der Waals surface area contributed by atoms with E-state index in [-0.39, 0.29) is 12.1 Å². The van der Waals surface area contributed by atoms with Crippen LogP contribution in [0.3, 0.4) is 0 Å². The lowest BCUT2D eigenvalue weighted by molar-refractivity contribution is -0.137. The number of pyridine rings is 1. The third-order valence-corrected chi connectivity index (χ3v) is 2.70. The fraction of sp³-hybridized carbons (Fsp3) is 0.250. The molecule has 0 bridgehead atoms. The van der Waals surface area contributed by atoms with Gasteiger partial charge in [0.05, 0.1) is 0 Å². The van der Waals surface area contributed by atoms with Crippen molar-refractivity contribution in [3.63, 3.8) is 0 Å². The van der Waals surface area contributed by atoms with Gasteiger partial charge in [-0.2, -0.15) is 0 Å². The molecule has 1 rings (SSSR count). The average molecular weight is 293 g/mol. The van der Waals surface area contributed by atoms with Gasteiger partial charge in [0.1, 0.15) is 6.54 Å². The van der Waals surface area contributed by atoms with Crippen molar-refractivity contribution in [2.24, 2.45) is 0 Å². The SMILES string of the molecule is Cc1cc(=O)n(CC(=O)O)cc1I. The van der Waals surface area contributed by atoms with Gasteiger partial charge in [-0.1, -0.05) is 0 Å². The second-order valence-electron chi connectivity index (χ2n) is 2.66. The van der Waals surface area contributed by atoms with Gasteiger partial charge >= 0.3 is 5.97 Å². The van der Waals surface area contributed by atoms with Crippen LogP contribution in [-0.2, 0) is 11.3 Å². The number of nitrogens with zero attached hydrogens (tertiary/aromatic N) is 1. The van der Waals surface area contributed by atoms with Crippen LogP contribution in [0.1, 0.15) is 5.56 Å². The van der Waals surface area contributed by atoms with E-state index in [9.17, 15) is 9.59 Å². The van der Waals surface area contributed by atoms with Crippen LogP contribution in [0.25, 0.3) is 0 Å². The number of carbonyl (C=O) groups is 1. The summed E-state index contributed by atoms with van der Waals surface area (Å²) in [4.78, 5) is 21.6. The van der Waals surface area contributed by atoms with Crippen LogP contribution >= 0.6 is 22.6 Å². The number of aryl methyl sites for hydroxylation is 1. The number of aromatic nitrogens is 1. The third-order valence-electron chi connectivity index (χ3n) is 1.57. The Morgan fingerprint density at radius 3 is 2.85 bits per heavy atom. The van der Waals surface area contributed by atoms with E-state index in [1.165, 1.54) is 10.6 Å². The molecule has 0 unspecified atom stereocenters. The molecule has 0 aliphatic rings. The number of hydrogen-bond donors (Lipinski definition) is 1. The topological polar surface area (TPSA) is 59.3 Å². The van der Waals surface area contributed by atoms with E-state index in [1.54, 1.807) is 6.20 Å². The van der Waals surface area contributed by atoms with Crippen LogP contribution in [0.4, 0.5) is 0 Å². The van der Waals surface area contributed by atoms with Crippen LogP contribution in [0.2, 0.25) is 0 Å². The normalized spacial score (nSPS) is 10.0. The highest BCUT2D eigenvalue weighted by atomic mass is 127. The molecule has 4 nitrogen and oxygen atoms in total. The Labute approximate surface area is 88.3 Å².